The predicted octanol–water partition coefficient (Wildman–Crippen LogP) is 3.20. The van der Waals surface area contributed by atoms with E-state index in [0.717, 1.165) is 42.0 Å². The monoisotopic (exact) mass is 476 g/mol. The number of aryl methyl sites for hydroxylation is 1. The number of carbonyl (C=O) groups is 1. The second-order valence-corrected chi connectivity index (χ2v) is 9.14. The Morgan fingerprint density at radius 3 is 2.74 bits per heavy atom. The zero-order chi connectivity index (χ0) is 24.9. The summed E-state index contributed by atoms with van der Waals surface area (Å²) < 4.78 is 0. The number of aromatic hydroxyl groups is 1. The Balaban J connectivity index is 1.56. The molecular weight excluding hydrogens is 444 g/mol. The molecule has 0 amide bonds. The van der Waals surface area contributed by atoms with Crippen molar-refractivity contribution < 1.29 is 15.0 Å². The van der Waals surface area contributed by atoms with Crippen molar-refractivity contribution in [3.05, 3.63) is 66.2 Å². The number of benzene rings is 2. The maximum Gasteiger partial charge on any atom is 0.305 e. The van der Waals surface area contributed by atoms with Crippen molar-refractivity contribution in [2.45, 2.75) is 45.3 Å². The van der Waals surface area contributed by atoms with Gasteiger partial charge in [-0.15, -0.1) is 16.8 Å². The number of tetrazole rings is 1. The van der Waals surface area contributed by atoms with Crippen molar-refractivity contribution in [2.24, 2.45) is 0 Å². The van der Waals surface area contributed by atoms with Gasteiger partial charge in [-0.1, -0.05) is 30.3 Å². The average molecular weight is 477 g/mol. The van der Waals surface area contributed by atoms with Gasteiger partial charge in [-0.05, 0) is 48.7 Å². The van der Waals surface area contributed by atoms with E-state index in [1.54, 1.807) is 6.07 Å². The number of aliphatic carboxylic acids is 1. The summed E-state index contributed by atoms with van der Waals surface area (Å²) in [7, 11) is 0. The first-order chi connectivity index (χ1) is 16.8. The van der Waals surface area contributed by atoms with E-state index in [1.807, 2.05) is 36.4 Å². The molecule has 9 heteroatoms. The fourth-order valence-electron chi connectivity index (χ4n) is 4.66. The van der Waals surface area contributed by atoms with Crippen LogP contribution in [-0.2, 0) is 17.8 Å². The molecule has 184 valence electrons. The van der Waals surface area contributed by atoms with Crippen molar-refractivity contribution in [3.63, 3.8) is 0 Å². The van der Waals surface area contributed by atoms with E-state index >= 15 is 0 Å². The van der Waals surface area contributed by atoms with Crippen LogP contribution in [0.2, 0.25) is 0 Å². The summed E-state index contributed by atoms with van der Waals surface area (Å²) in [6.45, 7) is 11.1. The lowest BCUT2D eigenvalue weighted by molar-refractivity contribution is -0.137. The Kier molecular flexibility index (Phi) is 7.45. The molecule has 1 aliphatic heterocycles. The zero-order valence-electron chi connectivity index (χ0n) is 20.2. The normalized spacial score (nSPS) is 18.5. The molecule has 4 rings (SSSR count). The smallest absolute Gasteiger partial charge is 0.305 e. The van der Waals surface area contributed by atoms with E-state index in [9.17, 15) is 9.90 Å². The summed E-state index contributed by atoms with van der Waals surface area (Å²) >= 11 is 0. The molecule has 2 heterocycles. The molecule has 0 unspecified atom stereocenters. The minimum absolute atomic E-state index is 0.0671. The van der Waals surface area contributed by atoms with E-state index in [-0.39, 0.29) is 18.7 Å². The average Bonchev–Trinajstić information content (AvgIpc) is 3.29. The number of nitrogens with zero attached hydrogens (tertiary/aromatic N) is 6. The van der Waals surface area contributed by atoms with E-state index in [0.29, 0.717) is 24.3 Å². The van der Waals surface area contributed by atoms with Crippen LogP contribution in [0.3, 0.4) is 0 Å². The number of phenols is 1. The summed E-state index contributed by atoms with van der Waals surface area (Å²) in [6.07, 6.45) is 2.46. The Morgan fingerprint density at radius 1 is 1.17 bits per heavy atom. The highest BCUT2D eigenvalue weighted by Crippen LogP contribution is 2.30. The van der Waals surface area contributed by atoms with Gasteiger partial charge in [0.05, 0.1) is 13.0 Å². The first kappa shape index (κ1) is 24.4. The number of phenolic OH excluding ortho intramolecular Hbond substituents is 1. The number of rotatable bonds is 9. The minimum atomic E-state index is -0.908. The van der Waals surface area contributed by atoms with Crippen LogP contribution in [0.15, 0.2) is 55.1 Å². The molecule has 1 saturated heterocycles. The van der Waals surface area contributed by atoms with Crippen molar-refractivity contribution in [2.75, 3.05) is 24.5 Å². The largest absolute Gasteiger partial charge is 0.508 e. The van der Waals surface area contributed by atoms with Gasteiger partial charge in [-0.2, -0.15) is 4.80 Å². The highest BCUT2D eigenvalue weighted by Gasteiger charge is 2.28. The molecule has 2 N–H and O–H groups in total. The Labute approximate surface area is 205 Å². The lowest BCUT2D eigenvalue weighted by Crippen LogP contribution is -2.56. The van der Waals surface area contributed by atoms with Gasteiger partial charge >= 0.3 is 5.97 Å². The Hall–Kier alpha value is -3.72. The number of hydrogen-bond acceptors (Lipinski definition) is 7. The molecule has 1 aliphatic rings. The molecule has 1 fully saturated rings. The lowest BCUT2D eigenvalue weighted by atomic mass is 9.98. The van der Waals surface area contributed by atoms with E-state index in [1.165, 1.54) is 4.80 Å². The van der Waals surface area contributed by atoms with Crippen LogP contribution in [0, 0.1) is 0 Å². The molecule has 0 saturated carbocycles. The molecule has 35 heavy (non-hydrogen) atoms. The van der Waals surface area contributed by atoms with Crippen LogP contribution in [-0.4, -0.2) is 73.0 Å². The third-order valence-corrected chi connectivity index (χ3v) is 6.40. The van der Waals surface area contributed by atoms with Crippen molar-refractivity contribution in [1.82, 2.24) is 25.1 Å². The molecule has 2 atom stereocenters. The highest BCUT2D eigenvalue weighted by atomic mass is 16.4. The van der Waals surface area contributed by atoms with Crippen LogP contribution >= 0.6 is 0 Å². The molecule has 3 aromatic rings. The Bertz CT molecular complexity index is 1190. The highest BCUT2D eigenvalue weighted by molar-refractivity contribution is 5.66. The number of aromatic nitrogens is 4. The van der Waals surface area contributed by atoms with E-state index in [4.69, 9.17) is 5.11 Å². The fraction of sp³-hybridized carbons (Fsp3) is 0.385. The van der Waals surface area contributed by atoms with Gasteiger partial charge in [0.25, 0.3) is 0 Å². The summed E-state index contributed by atoms with van der Waals surface area (Å²) in [5, 5.41) is 31.9. The molecule has 0 radical (unpaired) electrons. The van der Waals surface area contributed by atoms with Crippen LogP contribution in [0.1, 0.15) is 31.4 Å². The van der Waals surface area contributed by atoms with Gasteiger partial charge < -0.3 is 15.1 Å². The maximum atomic E-state index is 10.8. The predicted molar refractivity (Wildman–Crippen MR) is 134 cm³/mol. The SMILES string of the molecule is C=CCN1C[C@H](C)N(c2cc(O)cc(Cc3ccccc3-c3nnn(CCC(=O)O)n3)c2)C[C@H]1C. The third-order valence-electron chi connectivity index (χ3n) is 6.40. The van der Waals surface area contributed by atoms with Gasteiger partial charge in [0.15, 0.2) is 0 Å². The maximum absolute atomic E-state index is 10.8. The summed E-state index contributed by atoms with van der Waals surface area (Å²) in [5.41, 5.74) is 3.82. The molecule has 0 aliphatic carbocycles. The number of carboxylic acids is 1. The lowest BCUT2D eigenvalue weighted by Gasteiger charge is -2.45. The number of hydrogen-bond donors (Lipinski definition) is 2. The molecule has 2 aromatic carbocycles. The summed E-state index contributed by atoms with van der Waals surface area (Å²) in [4.78, 5) is 16.9. The fourth-order valence-corrected chi connectivity index (χ4v) is 4.66. The van der Waals surface area contributed by atoms with Crippen LogP contribution in [0.25, 0.3) is 11.4 Å². The second kappa shape index (κ2) is 10.7. The van der Waals surface area contributed by atoms with Gasteiger partial charge in [-0.3, -0.25) is 9.69 Å². The van der Waals surface area contributed by atoms with Crippen molar-refractivity contribution >= 4 is 11.7 Å². The number of piperazine rings is 1. The van der Waals surface area contributed by atoms with Gasteiger partial charge in [0.2, 0.25) is 5.82 Å². The van der Waals surface area contributed by atoms with Crippen LogP contribution in [0.5, 0.6) is 5.75 Å². The first-order valence-corrected chi connectivity index (χ1v) is 11.9. The summed E-state index contributed by atoms with van der Waals surface area (Å²) in [6, 6.07) is 14.3. The van der Waals surface area contributed by atoms with Gasteiger partial charge in [0, 0.05) is 49.0 Å². The van der Waals surface area contributed by atoms with Crippen molar-refractivity contribution in [1.29, 1.82) is 0 Å². The topological polar surface area (TPSA) is 108 Å². The van der Waals surface area contributed by atoms with Crippen LogP contribution < -0.4 is 4.90 Å². The number of anilines is 1. The molecular formula is C26H32N6O3. The molecule has 1 aromatic heterocycles. The summed E-state index contributed by atoms with van der Waals surface area (Å²) in [5.74, 6) is -0.219. The number of carboxylic acid groups (broad SMARTS) is 1. The Morgan fingerprint density at radius 2 is 1.97 bits per heavy atom. The minimum Gasteiger partial charge on any atom is -0.508 e. The standard InChI is InChI=1S/C26H32N6O3/c1-4-10-30-16-19(3)31(17-18(30)2)22-13-20(14-23(33)15-22)12-21-7-5-6-8-24(21)26-27-29-32(28-26)11-9-25(34)35/h4-8,13-15,18-19,33H,1,9-12,16-17H2,2-3H3,(H,34,35)/t18-,19+/m1/s1. The van der Waals surface area contributed by atoms with E-state index in [2.05, 4.69) is 51.7 Å². The quantitative estimate of drug-likeness (QED) is 0.454. The molecule has 0 spiro atoms. The van der Waals surface area contributed by atoms with Gasteiger partial charge in [0.1, 0.15) is 5.75 Å². The molecule has 9 nitrogen and oxygen atoms in total. The first-order valence-electron chi connectivity index (χ1n) is 11.9. The van der Waals surface area contributed by atoms with E-state index < -0.39 is 5.97 Å². The third kappa shape index (κ3) is 5.86. The van der Waals surface area contributed by atoms with Crippen LogP contribution in [0.4, 0.5) is 5.69 Å². The molecule has 0 bridgehead atoms. The van der Waals surface area contributed by atoms with Crippen molar-refractivity contribution in [3.8, 4) is 17.1 Å². The zero-order valence-corrected chi connectivity index (χ0v) is 20.2. The van der Waals surface area contributed by atoms with Gasteiger partial charge in [-0.25, -0.2) is 0 Å². The second-order valence-electron chi connectivity index (χ2n) is 9.14.